The molecule has 0 aromatic heterocycles. The van der Waals surface area contributed by atoms with Gasteiger partial charge in [-0.05, 0) is 50.4 Å². The second-order valence-corrected chi connectivity index (χ2v) is 9.54. The molecule has 0 radical (unpaired) electrons. The van der Waals surface area contributed by atoms with Crippen LogP contribution in [0.15, 0.2) is 12.2 Å². The van der Waals surface area contributed by atoms with Gasteiger partial charge in [0, 0.05) is 5.92 Å². The highest BCUT2D eigenvalue weighted by molar-refractivity contribution is 5.75. The van der Waals surface area contributed by atoms with Crippen LogP contribution < -0.4 is 4.90 Å². The van der Waals surface area contributed by atoms with Gasteiger partial charge in [0.25, 0.3) is 0 Å². The van der Waals surface area contributed by atoms with Gasteiger partial charge in [0.1, 0.15) is 12.0 Å². The minimum Gasteiger partial charge on any atom is -0.462 e. The molecule has 2 saturated heterocycles. The summed E-state index contributed by atoms with van der Waals surface area (Å²) in [4.78, 5) is 27.8. The molecule has 28 heavy (non-hydrogen) atoms. The van der Waals surface area contributed by atoms with E-state index in [0.29, 0.717) is 31.5 Å². The van der Waals surface area contributed by atoms with Gasteiger partial charge in [-0.1, -0.05) is 19.1 Å². The van der Waals surface area contributed by atoms with Crippen LogP contribution in [0.5, 0.6) is 0 Å². The smallest absolute Gasteiger partial charge is 0.410 e. The first kappa shape index (κ1) is 19.7. The third-order valence-corrected chi connectivity index (χ3v) is 7.83. The molecule has 4 rings (SSSR count). The Balaban J connectivity index is 1.38. The highest BCUT2D eigenvalue weighted by Gasteiger charge is 2.56. The van der Waals surface area contributed by atoms with Crippen molar-refractivity contribution in [3.05, 3.63) is 12.2 Å². The Morgan fingerprint density at radius 2 is 2.14 bits per heavy atom. The van der Waals surface area contributed by atoms with Gasteiger partial charge in [0.15, 0.2) is 0 Å². The lowest BCUT2D eigenvalue weighted by Crippen LogP contribution is -3.15. The maximum absolute atomic E-state index is 12.7. The van der Waals surface area contributed by atoms with Crippen molar-refractivity contribution >= 4 is 12.1 Å². The van der Waals surface area contributed by atoms with Crippen molar-refractivity contribution in [1.82, 2.24) is 4.90 Å². The lowest BCUT2D eigenvalue weighted by atomic mass is 9.55. The average Bonchev–Trinajstić information content (AvgIpc) is 2.95. The van der Waals surface area contributed by atoms with E-state index in [2.05, 4.69) is 13.5 Å². The van der Waals surface area contributed by atoms with Crippen molar-refractivity contribution in [2.24, 2.45) is 23.2 Å². The molecule has 0 aromatic rings. The maximum Gasteiger partial charge on any atom is 0.410 e. The zero-order valence-electron chi connectivity index (χ0n) is 17.4. The SMILES string of the molecule is C=C1CCC[C@]2(C)C[C@H]3OC(=O)[C@H](C[NH+]4CCN(C(=O)OCC)CC4)[C@H]3C[C@@H]12. The summed E-state index contributed by atoms with van der Waals surface area (Å²) in [6.45, 7) is 12.9. The third kappa shape index (κ3) is 3.56. The number of quaternary nitrogens is 1. The number of fused-ring (bicyclic) bond motifs is 2. The van der Waals surface area contributed by atoms with E-state index in [9.17, 15) is 9.59 Å². The Kier molecular flexibility index (Phi) is 5.43. The van der Waals surface area contributed by atoms with E-state index < -0.39 is 0 Å². The highest BCUT2D eigenvalue weighted by atomic mass is 16.6. The average molecular weight is 392 g/mol. The van der Waals surface area contributed by atoms with Crippen LogP contribution >= 0.6 is 0 Å². The van der Waals surface area contributed by atoms with E-state index in [1.54, 1.807) is 4.90 Å². The second kappa shape index (κ2) is 7.69. The number of nitrogens with zero attached hydrogens (tertiary/aromatic N) is 1. The molecule has 6 heteroatoms. The van der Waals surface area contributed by atoms with Crippen molar-refractivity contribution < 1.29 is 24.0 Å². The molecule has 2 heterocycles. The molecule has 2 aliphatic carbocycles. The first-order valence-corrected chi connectivity index (χ1v) is 11.0. The Hall–Kier alpha value is -1.56. The first-order valence-electron chi connectivity index (χ1n) is 11.0. The number of amides is 1. The number of allylic oxidation sites excluding steroid dienone is 1. The molecule has 0 spiro atoms. The van der Waals surface area contributed by atoms with Gasteiger partial charge >= 0.3 is 12.1 Å². The molecule has 2 aliphatic heterocycles. The summed E-state index contributed by atoms with van der Waals surface area (Å²) in [5, 5.41) is 0. The van der Waals surface area contributed by atoms with Gasteiger partial charge in [0.2, 0.25) is 0 Å². The number of piperazine rings is 1. The van der Waals surface area contributed by atoms with Crippen LogP contribution in [0, 0.1) is 23.2 Å². The van der Waals surface area contributed by atoms with E-state index in [1.807, 2.05) is 6.92 Å². The fraction of sp³-hybridized carbons (Fsp3) is 0.818. The van der Waals surface area contributed by atoms with E-state index in [4.69, 9.17) is 9.47 Å². The Bertz CT molecular complexity index is 642. The molecular formula is C22H35N2O4+. The second-order valence-electron chi connectivity index (χ2n) is 9.54. The zero-order chi connectivity index (χ0) is 19.9. The highest BCUT2D eigenvalue weighted by Crippen LogP contribution is 2.56. The van der Waals surface area contributed by atoms with E-state index in [1.165, 1.54) is 23.3 Å². The largest absolute Gasteiger partial charge is 0.462 e. The number of nitrogens with one attached hydrogen (secondary N) is 1. The monoisotopic (exact) mass is 391 g/mol. The molecule has 4 fully saturated rings. The van der Waals surface area contributed by atoms with Crippen molar-refractivity contribution in [2.45, 2.75) is 52.1 Å². The molecular weight excluding hydrogens is 356 g/mol. The first-order chi connectivity index (χ1) is 13.4. The quantitative estimate of drug-likeness (QED) is 0.587. The van der Waals surface area contributed by atoms with Gasteiger partial charge < -0.3 is 14.4 Å². The molecule has 0 aromatic carbocycles. The maximum atomic E-state index is 12.7. The lowest BCUT2D eigenvalue weighted by molar-refractivity contribution is -0.906. The molecule has 0 bridgehead atoms. The number of rotatable bonds is 3. The molecule has 2 saturated carbocycles. The van der Waals surface area contributed by atoms with Crippen LogP contribution in [0.25, 0.3) is 0 Å². The van der Waals surface area contributed by atoms with E-state index >= 15 is 0 Å². The molecule has 156 valence electrons. The van der Waals surface area contributed by atoms with Gasteiger partial charge in [-0.3, -0.25) is 9.69 Å². The summed E-state index contributed by atoms with van der Waals surface area (Å²) < 4.78 is 11.0. The van der Waals surface area contributed by atoms with Crippen molar-refractivity contribution in [3.8, 4) is 0 Å². The summed E-state index contributed by atoms with van der Waals surface area (Å²) in [5.74, 6) is 0.864. The Morgan fingerprint density at radius 1 is 1.39 bits per heavy atom. The van der Waals surface area contributed by atoms with Crippen molar-refractivity contribution in [3.63, 3.8) is 0 Å². The minimum absolute atomic E-state index is 0.00295. The molecule has 6 nitrogen and oxygen atoms in total. The topological polar surface area (TPSA) is 60.3 Å². The van der Waals surface area contributed by atoms with Crippen LogP contribution in [0.4, 0.5) is 4.79 Å². The van der Waals surface area contributed by atoms with Gasteiger partial charge in [0.05, 0.1) is 39.3 Å². The predicted molar refractivity (Wildman–Crippen MR) is 105 cm³/mol. The summed E-state index contributed by atoms with van der Waals surface area (Å²) in [5.41, 5.74) is 1.64. The number of esters is 1. The Labute approximate surface area is 168 Å². The summed E-state index contributed by atoms with van der Waals surface area (Å²) in [6, 6.07) is 0. The van der Waals surface area contributed by atoms with Crippen LogP contribution in [-0.4, -0.2) is 62.4 Å². The third-order valence-electron chi connectivity index (χ3n) is 7.83. The molecule has 4 aliphatic rings. The lowest BCUT2D eigenvalue weighted by Gasteiger charge is -2.50. The van der Waals surface area contributed by atoms with Crippen LogP contribution in [0.1, 0.15) is 46.0 Å². The van der Waals surface area contributed by atoms with Gasteiger partial charge in [-0.25, -0.2) is 4.79 Å². The van der Waals surface area contributed by atoms with E-state index in [0.717, 1.165) is 38.9 Å². The molecule has 5 atom stereocenters. The number of carbonyl (C=O) groups excluding carboxylic acids is 2. The van der Waals surface area contributed by atoms with Gasteiger partial charge in [-0.15, -0.1) is 0 Å². The summed E-state index contributed by atoms with van der Waals surface area (Å²) in [7, 11) is 0. The summed E-state index contributed by atoms with van der Waals surface area (Å²) in [6.07, 6.45) is 5.50. The fourth-order valence-corrected chi connectivity index (χ4v) is 6.22. The van der Waals surface area contributed by atoms with Crippen LogP contribution in [0.3, 0.4) is 0 Å². The molecule has 1 N–H and O–H groups in total. The van der Waals surface area contributed by atoms with Crippen molar-refractivity contribution in [1.29, 1.82) is 0 Å². The standard InChI is InChI=1S/C22H34N2O4/c1-4-27-21(26)24-10-8-23(9-11-24)14-17-16-12-18-15(2)6-5-7-22(18,3)13-19(16)28-20(17)25/h16-19H,2,4-14H2,1,3H3/p+1/t16-,17-,18+,19-,22-/m1/s1. The number of carbonyl (C=O) groups is 2. The zero-order valence-corrected chi connectivity index (χ0v) is 17.4. The summed E-state index contributed by atoms with van der Waals surface area (Å²) >= 11 is 0. The van der Waals surface area contributed by atoms with Gasteiger partial charge in [-0.2, -0.15) is 0 Å². The minimum atomic E-state index is -0.218. The number of ether oxygens (including phenoxy) is 2. The van der Waals surface area contributed by atoms with Crippen LogP contribution in [-0.2, 0) is 14.3 Å². The molecule has 1 amide bonds. The fourth-order valence-electron chi connectivity index (χ4n) is 6.22. The normalized spacial score (nSPS) is 38.6. The van der Waals surface area contributed by atoms with Crippen LogP contribution in [0.2, 0.25) is 0 Å². The Morgan fingerprint density at radius 3 is 2.86 bits per heavy atom. The van der Waals surface area contributed by atoms with E-state index in [-0.39, 0.29) is 29.5 Å². The predicted octanol–water partition coefficient (Wildman–Crippen LogP) is 1.66. The number of hydrogen-bond acceptors (Lipinski definition) is 4. The number of hydrogen-bond donors (Lipinski definition) is 1. The molecule has 0 unspecified atom stereocenters. The van der Waals surface area contributed by atoms with Crippen molar-refractivity contribution in [2.75, 3.05) is 39.3 Å².